The highest BCUT2D eigenvalue weighted by atomic mass is 16.6. The molecule has 2 heterocycles. The molecule has 5 heteroatoms. The molecule has 0 aromatic rings. The van der Waals surface area contributed by atoms with Crippen LogP contribution in [0.4, 0.5) is 0 Å². The number of epoxide rings is 1. The molecule has 2 aliphatic heterocycles. The summed E-state index contributed by atoms with van der Waals surface area (Å²) in [5.41, 5.74) is -0.0782. The molecule has 4 aliphatic carbocycles. The zero-order chi connectivity index (χ0) is 23.6. The van der Waals surface area contributed by atoms with Crippen molar-refractivity contribution in [2.75, 3.05) is 0 Å². The molecule has 0 radical (unpaired) electrons. The molecule has 0 bridgehead atoms. The standard InChI is InChI=1S/C28H38O5/c1-15-13-21(32-24(30)16(15)2)17(3)27(31)12-9-19-18-14-23-28(33-23)10-6-7-22(29)26(28,5)20(18)8-11-25(19,27)4/h6-7,17-21,23,31H,8-14H2,1-5H3/t17-,18+,19+,20+,21-,23-,25+,26+,27+,28-/m1/s1. The lowest BCUT2D eigenvalue weighted by Crippen LogP contribution is -2.62. The Bertz CT molecular complexity index is 996. The minimum atomic E-state index is -0.880. The van der Waals surface area contributed by atoms with E-state index in [9.17, 15) is 14.7 Å². The third kappa shape index (κ3) is 2.46. The van der Waals surface area contributed by atoms with Crippen molar-refractivity contribution in [3.05, 3.63) is 23.3 Å². The van der Waals surface area contributed by atoms with E-state index in [1.807, 2.05) is 19.9 Å². The van der Waals surface area contributed by atoms with Crippen LogP contribution in [0.1, 0.15) is 79.6 Å². The van der Waals surface area contributed by atoms with Gasteiger partial charge in [0.05, 0.1) is 17.1 Å². The topological polar surface area (TPSA) is 76.1 Å². The average Bonchev–Trinajstić information content (AvgIpc) is 3.41. The van der Waals surface area contributed by atoms with E-state index >= 15 is 0 Å². The number of ketones is 1. The van der Waals surface area contributed by atoms with Crippen LogP contribution in [-0.4, -0.2) is 40.3 Å². The number of carbonyl (C=O) groups excluding carboxylic acids is 2. The van der Waals surface area contributed by atoms with Crippen LogP contribution in [0.5, 0.6) is 0 Å². The fraction of sp³-hybridized carbons (Fsp3) is 0.786. The summed E-state index contributed by atoms with van der Waals surface area (Å²) in [6.07, 6.45) is 9.79. The van der Waals surface area contributed by atoms with Crippen LogP contribution >= 0.6 is 0 Å². The fourth-order valence-electron chi connectivity index (χ4n) is 9.39. The first-order valence-corrected chi connectivity index (χ1v) is 13.0. The monoisotopic (exact) mass is 454 g/mol. The van der Waals surface area contributed by atoms with Gasteiger partial charge >= 0.3 is 5.97 Å². The van der Waals surface area contributed by atoms with Gasteiger partial charge in [0.25, 0.3) is 0 Å². The Morgan fingerprint density at radius 2 is 1.85 bits per heavy atom. The largest absolute Gasteiger partial charge is 0.458 e. The second kappa shape index (κ2) is 6.60. The third-order valence-corrected chi connectivity index (χ3v) is 11.8. The van der Waals surface area contributed by atoms with E-state index < -0.39 is 11.0 Å². The smallest absolute Gasteiger partial charge is 0.333 e. The number of rotatable bonds is 2. The first-order valence-electron chi connectivity index (χ1n) is 13.0. The van der Waals surface area contributed by atoms with Crippen LogP contribution in [0.15, 0.2) is 23.3 Å². The lowest BCUT2D eigenvalue weighted by atomic mass is 9.44. The summed E-state index contributed by atoms with van der Waals surface area (Å²) in [6.45, 7) is 10.4. The van der Waals surface area contributed by atoms with E-state index in [-0.39, 0.29) is 40.9 Å². The van der Waals surface area contributed by atoms with Gasteiger partial charge in [-0.15, -0.1) is 0 Å². The van der Waals surface area contributed by atoms with Crippen LogP contribution in [0, 0.1) is 34.5 Å². The summed E-state index contributed by atoms with van der Waals surface area (Å²) in [4.78, 5) is 25.7. The minimum Gasteiger partial charge on any atom is -0.458 e. The highest BCUT2D eigenvalue weighted by Crippen LogP contribution is 2.73. The lowest BCUT2D eigenvalue weighted by molar-refractivity contribution is -0.185. The number of carbonyl (C=O) groups is 2. The Kier molecular flexibility index (Phi) is 4.41. The maximum Gasteiger partial charge on any atom is 0.333 e. The number of esters is 1. The normalized spacial score (nSPS) is 53.6. The molecule has 180 valence electrons. The summed E-state index contributed by atoms with van der Waals surface area (Å²) in [7, 11) is 0. The van der Waals surface area contributed by atoms with Gasteiger partial charge < -0.3 is 14.6 Å². The lowest BCUT2D eigenvalue weighted by Gasteiger charge is -2.59. The van der Waals surface area contributed by atoms with Crippen molar-refractivity contribution in [3.8, 4) is 0 Å². The molecular weight excluding hydrogens is 416 g/mol. The van der Waals surface area contributed by atoms with Gasteiger partial charge in [0.1, 0.15) is 11.7 Å². The fourth-order valence-corrected chi connectivity index (χ4v) is 9.39. The van der Waals surface area contributed by atoms with Crippen molar-refractivity contribution in [1.29, 1.82) is 0 Å². The Morgan fingerprint density at radius 3 is 2.58 bits per heavy atom. The molecule has 6 aliphatic rings. The minimum absolute atomic E-state index is 0.134. The summed E-state index contributed by atoms with van der Waals surface area (Å²) in [5.74, 6) is 0.926. The molecule has 1 spiro atoms. The van der Waals surface area contributed by atoms with Gasteiger partial charge in [-0.3, -0.25) is 4.79 Å². The first kappa shape index (κ1) is 22.0. The zero-order valence-corrected chi connectivity index (χ0v) is 20.6. The molecule has 10 atom stereocenters. The van der Waals surface area contributed by atoms with E-state index in [0.29, 0.717) is 29.7 Å². The Morgan fingerprint density at radius 1 is 1.12 bits per heavy atom. The van der Waals surface area contributed by atoms with Gasteiger partial charge in [-0.05, 0) is 88.5 Å². The number of ether oxygens (including phenoxy) is 2. The molecule has 0 unspecified atom stereocenters. The summed E-state index contributed by atoms with van der Waals surface area (Å²) >= 11 is 0. The predicted molar refractivity (Wildman–Crippen MR) is 123 cm³/mol. The molecule has 33 heavy (non-hydrogen) atoms. The van der Waals surface area contributed by atoms with Crippen molar-refractivity contribution < 1.29 is 24.2 Å². The maximum absolute atomic E-state index is 13.3. The van der Waals surface area contributed by atoms with Crippen molar-refractivity contribution in [1.82, 2.24) is 0 Å². The Hall–Kier alpha value is -1.46. The number of aliphatic hydroxyl groups is 1. The van der Waals surface area contributed by atoms with E-state index in [2.05, 4.69) is 20.8 Å². The van der Waals surface area contributed by atoms with E-state index in [4.69, 9.17) is 9.47 Å². The van der Waals surface area contributed by atoms with Crippen molar-refractivity contribution in [3.63, 3.8) is 0 Å². The number of hydrogen-bond acceptors (Lipinski definition) is 5. The predicted octanol–water partition coefficient (Wildman–Crippen LogP) is 4.52. The molecule has 0 aromatic heterocycles. The Balaban J connectivity index is 1.31. The molecule has 5 nitrogen and oxygen atoms in total. The summed E-state index contributed by atoms with van der Waals surface area (Å²) < 4.78 is 12.2. The van der Waals surface area contributed by atoms with Gasteiger partial charge in [-0.25, -0.2) is 4.79 Å². The van der Waals surface area contributed by atoms with Crippen molar-refractivity contribution >= 4 is 11.8 Å². The van der Waals surface area contributed by atoms with Crippen LogP contribution in [0.25, 0.3) is 0 Å². The van der Waals surface area contributed by atoms with Crippen LogP contribution in [0.3, 0.4) is 0 Å². The molecule has 4 fully saturated rings. The zero-order valence-electron chi connectivity index (χ0n) is 20.6. The van der Waals surface area contributed by atoms with Crippen molar-refractivity contribution in [2.45, 2.75) is 103 Å². The van der Waals surface area contributed by atoms with E-state index in [0.717, 1.165) is 44.1 Å². The first-order chi connectivity index (χ1) is 15.5. The SMILES string of the molecule is CC1=C(C)C(=O)O[C@@H]([C@@H](C)[C@@]2(O)CC[C@H]3[C@@H]4C[C@H]5O[C@]56CC=CC(=O)[C@]6(C)[C@H]4CC[C@@]32C)C1. The van der Waals surface area contributed by atoms with Crippen molar-refractivity contribution in [2.24, 2.45) is 34.5 Å². The van der Waals surface area contributed by atoms with Crippen LogP contribution < -0.4 is 0 Å². The second-order valence-electron chi connectivity index (χ2n) is 12.5. The Labute approximate surface area is 197 Å². The molecule has 1 saturated heterocycles. The average molecular weight is 455 g/mol. The second-order valence-corrected chi connectivity index (χ2v) is 12.5. The summed E-state index contributed by atoms with van der Waals surface area (Å²) in [6, 6.07) is 0. The number of hydrogen-bond donors (Lipinski definition) is 1. The molecule has 1 N–H and O–H groups in total. The van der Waals surface area contributed by atoms with E-state index in [1.54, 1.807) is 6.08 Å². The third-order valence-electron chi connectivity index (χ3n) is 11.8. The van der Waals surface area contributed by atoms with E-state index in [1.165, 1.54) is 0 Å². The number of cyclic esters (lactones) is 1. The van der Waals surface area contributed by atoms with Gasteiger partial charge in [-0.2, -0.15) is 0 Å². The van der Waals surface area contributed by atoms with Gasteiger partial charge in [0.15, 0.2) is 5.78 Å². The highest BCUT2D eigenvalue weighted by molar-refractivity contribution is 5.97. The molecule has 0 aromatic carbocycles. The number of fused-ring (bicyclic) bond motifs is 4. The summed E-state index contributed by atoms with van der Waals surface area (Å²) in [5, 5.41) is 12.3. The van der Waals surface area contributed by atoms with Gasteiger partial charge in [-0.1, -0.05) is 25.5 Å². The molecular formula is C28H38O5. The molecule has 3 saturated carbocycles. The maximum atomic E-state index is 13.3. The van der Waals surface area contributed by atoms with Gasteiger partial charge in [0, 0.05) is 17.9 Å². The number of allylic oxidation sites excluding steroid dienone is 1. The quantitative estimate of drug-likeness (QED) is 0.490. The highest BCUT2D eigenvalue weighted by Gasteiger charge is 2.78. The van der Waals surface area contributed by atoms with Crippen LogP contribution in [-0.2, 0) is 19.1 Å². The van der Waals surface area contributed by atoms with Gasteiger partial charge in [0.2, 0.25) is 0 Å². The van der Waals surface area contributed by atoms with Crippen LogP contribution in [0.2, 0.25) is 0 Å². The molecule has 0 amide bonds. The molecule has 6 rings (SSSR count).